The summed E-state index contributed by atoms with van der Waals surface area (Å²) in [6.45, 7) is 22.5. The molecule has 0 aromatic heterocycles. The van der Waals surface area contributed by atoms with Crippen LogP contribution in [0.3, 0.4) is 0 Å². The smallest absolute Gasteiger partial charge is 0 e. The molecule has 1 rings (SSSR count). The number of allylic oxidation sites excluding steroid dienone is 3. The van der Waals surface area contributed by atoms with Gasteiger partial charge in [-0.1, -0.05) is 74.0 Å². The molecule has 0 aromatic rings. The summed E-state index contributed by atoms with van der Waals surface area (Å²) in [6, 6.07) is 0. The van der Waals surface area contributed by atoms with Gasteiger partial charge in [-0.2, -0.15) is 0 Å². The van der Waals surface area contributed by atoms with Crippen molar-refractivity contribution in [2.24, 2.45) is 28.1 Å². The summed E-state index contributed by atoms with van der Waals surface area (Å²) in [7, 11) is 0. The molecule has 21 radical (unpaired) electrons. The maximum Gasteiger partial charge on any atom is 0 e. The zero-order valence-electron chi connectivity index (χ0n) is 30.1. The van der Waals surface area contributed by atoms with Gasteiger partial charge >= 0.3 is 0 Å². The van der Waals surface area contributed by atoms with E-state index in [0.717, 1.165) is 5.57 Å². The third-order valence-electron chi connectivity index (χ3n) is 7.43. The topological polar surface area (TPSA) is 40.5 Å². The average molecular weight is 2220 g/mol. The van der Waals surface area contributed by atoms with Crippen molar-refractivity contribution in [2.75, 3.05) is 0 Å². The standard InChI is InChI=1S/C23H40O2.21Y/c1-15(2)21(5,6)17(4)22(7,8)16(3)11-12-18-13-19(24)14-20(25)23(18,9)10;;;;;;;;;;;;;;;;;;;;;/h11-15,17,19-20,24-25H,1-10H3;;;;;;;;;;;;;;;;;;;;;/q-2;;;;;;;;;;;;;;;;;;;;;/b16-11+,18-12+;;;;;;;;;;;;;;;;;;;;;/t17?,19-,20+;;;;;;;;;;;;;;;;;;;;;/m1...................../s1. The molecule has 46 heavy (non-hydrogen) atoms. The molecule has 1 aliphatic carbocycles. The summed E-state index contributed by atoms with van der Waals surface area (Å²) in [6.07, 6.45) is 6.35. The molecule has 1 aliphatic rings. The van der Waals surface area contributed by atoms with Crippen LogP contribution in [-0.4, -0.2) is 22.4 Å². The largest absolute Gasteiger partial charge is 0.438 e. The van der Waals surface area contributed by atoms with Gasteiger partial charge in [-0.25, -0.2) is 18.1 Å². The first-order valence-electron chi connectivity index (χ1n) is 9.60. The fraction of sp³-hybridized carbons (Fsp3) is 0.739. The van der Waals surface area contributed by atoms with Crippen LogP contribution in [0.4, 0.5) is 0 Å². The van der Waals surface area contributed by atoms with Gasteiger partial charge in [0.15, 0.2) is 0 Å². The predicted octanol–water partition coefficient (Wildman–Crippen LogP) is 5.32. The van der Waals surface area contributed by atoms with Gasteiger partial charge in [0.05, 0.1) is 0 Å². The van der Waals surface area contributed by atoms with Crippen molar-refractivity contribution >= 4 is 0 Å². The molecule has 2 N–H and O–H groups in total. The Morgan fingerprint density at radius 3 is 1.17 bits per heavy atom. The van der Waals surface area contributed by atoms with E-state index in [1.54, 1.807) is 6.42 Å². The van der Waals surface area contributed by atoms with Crippen LogP contribution in [0.2, 0.25) is 0 Å². The van der Waals surface area contributed by atoms with Gasteiger partial charge in [0.2, 0.25) is 0 Å². The zero-order valence-corrected chi connectivity index (χ0v) is 89.7. The van der Waals surface area contributed by atoms with Crippen molar-refractivity contribution in [2.45, 2.75) is 81.4 Å². The van der Waals surface area contributed by atoms with Crippen molar-refractivity contribution in [3.8, 4) is 0 Å². The van der Waals surface area contributed by atoms with Gasteiger partial charge in [-0.3, -0.25) is 6.42 Å². The molecule has 0 saturated heterocycles. The summed E-state index contributed by atoms with van der Waals surface area (Å²) in [4.78, 5) is 0. The minimum atomic E-state index is -0.685. The Bertz CT molecular complexity index is 566. The van der Waals surface area contributed by atoms with Crippen molar-refractivity contribution in [1.29, 1.82) is 0 Å². The fourth-order valence-electron chi connectivity index (χ4n) is 3.52. The van der Waals surface area contributed by atoms with Crippen LogP contribution in [-0.2, 0) is 687 Å². The van der Waals surface area contributed by atoms with Gasteiger partial charge in [0, 0.05) is 687 Å². The second kappa shape index (κ2) is 76.4. The SMILES string of the molecule is C/C(=C\C=C1/[CH-][C@@H](O)[CH-][C@H](O)C1(C)C)C(C)(C)C(C)C(C)(C)C(C)C.[Y].[Y].[Y].[Y].[Y].[Y].[Y].[Y].[Y].[Y].[Y].[Y].[Y].[Y].[Y].[Y].[Y].[Y].[Y].[Y].[Y]. The minimum Gasteiger partial charge on any atom is -0.438 e. The summed E-state index contributed by atoms with van der Waals surface area (Å²) in [5.74, 6) is 1.13. The third-order valence-corrected chi connectivity index (χ3v) is 7.43. The van der Waals surface area contributed by atoms with E-state index in [0.29, 0.717) is 11.8 Å². The normalized spacial score (nSPS) is 15.3. The van der Waals surface area contributed by atoms with Crippen LogP contribution in [0.1, 0.15) is 69.2 Å². The summed E-state index contributed by atoms with van der Waals surface area (Å²) in [5, 5.41) is 20.2. The number of hydrogen-bond acceptors (Lipinski definition) is 2. The zero-order chi connectivity index (χ0) is 19.8. The molecule has 1 unspecified atom stereocenters. The van der Waals surface area contributed by atoms with E-state index in [-0.39, 0.29) is 703 Å². The van der Waals surface area contributed by atoms with E-state index in [4.69, 9.17) is 0 Å². The van der Waals surface area contributed by atoms with E-state index < -0.39 is 12.2 Å². The van der Waals surface area contributed by atoms with E-state index >= 15 is 0 Å². The van der Waals surface area contributed by atoms with Crippen LogP contribution in [0, 0.1) is 40.9 Å². The Morgan fingerprint density at radius 1 is 0.630 bits per heavy atom. The Balaban J connectivity index is -0.0000000157. The summed E-state index contributed by atoms with van der Waals surface area (Å²) in [5.41, 5.74) is 2.23. The van der Waals surface area contributed by atoms with Gasteiger partial charge < -0.3 is 10.2 Å². The predicted molar refractivity (Wildman–Crippen MR) is 108 cm³/mol. The van der Waals surface area contributed by atoms with Crippen molar-refractivity contribution < 1.29 is 697 Å². The Morgan fingerprint density at radius 2 is 0.913 bits per heavy atom. The van der Waals surface area contributed by atoms with Gasteiger partial charge in [0.25, 0.3) is 0 Å². The Labute approximate surface area is 815 Å². The summed E-state index contributed by atoms with van der Waals surface area (Å²) >= 11 is 0. The second-order valence-corrected chi connectivity index (χ2v) is 9.91. The maximum atomic E-state index is 10.3. The molecule has 0 spiro atoms. The van der Waals surface area contributed by atoms with Crippen LogP contribution in [0.25, 0.3) is 0 Å². The first-order chi connectivity index (χ1) is 11.1. The van der Waals surface area contributed by atoms with Crippen molar-refractivity contribution in [3.63, 3.8) is 0 Å². The second-order valence-electron chi connectivity index (χ2n) is 9.91. The number of aliphatic hydroxyl groups is 2. The van der Waals surface area contributed by atoms with Crippen LogP contribution in [0.5, 0.6) is 0 Å². The monoisotopic (exact) mass is 2220 g/mol. The molecular weight excluding hydrogens is 2180 g/mol. The molecule has 1 fully saturated rings. The van der Waals surface area contributed by atoms with Gasteiger partial charge in [0.1, 0.15) is 0 Å². The third kappa shape index (κ3) is 55.8. The molecule has 23 heteroatoms. The Hall–Kier alpha value is 22.5. The molecule has 0 aliphatic heterocycles. The molecule has 2 nitrogen and oxygen atoms in total. The van der Waals surface area contributed by atoms with Gasteiger partial charge in [-0.15, -0.1) is 12.2 Å². The Kier molecular flexibility index (Phi) is 230. The van der Waals surface area contributed by atoms with Crippen LogP contribution < -0.4 is 0 Å². The molecule has 209 valence electrons. The first-order valence-corrected chi connectivity index (χ1v) is 9.60. The molecule has 0 bridgehead atoms. The molecule has 0 heterocycles. The average Bonchev–Trinajstić information content (AvgIpc) is 2.48. The number of rotatable bonds is 5. The number of aliphatic hydroxyl groups excluding tert-OH is 2. The van der Waals surface area contributed by atoms with E-state index in [1.807, 2.05) is 20.3 Å². The molecule has 0 amide bonds. The quantitative estimate of drug-likeness (QED) is 0.367. The van der Waals surface area contributed by atoms with Crippen LogP contribution in [0.15, 0.2) is 23.3 Å². The van der Waals surface area contributed by atoms with E-state index in [2.05, 4.69) is 67.5 Å². The maximum absolute atomic E-state index is 10.3. The van der Waals surface area contributed by atoms with E-state index in [1.165, 1.54) is 5.57 Å². The number of hydrogen-bond donors (Lipinski definition) is 2. The molecule has 3 atom stereocenters. The fourth-order valence-corrected chi connectivity index (χ4v) is 3.52. The van der Waals surface area contributed by atoms with E-state index in [9.17, 15) is 10.2 Å². The minimum absolute atomic E-state index is 0. The first kappa shape index (κ1) is 138. The molecule has 1 saturated carbocycles. The van der Waals surface area contributed by atoms with Crippen LogP contribution >= 0.6 is 0 Å². The summed E-state index contributed by atoms with van der Waals surface area (Å²) < 4.78 is 0. The van der Waals surface area contributed by atoms with Gasteiger partial charge in [-0.05, 0) is 35.0 Å². The van der Waals surface area contributed by atoms with Crippen molar-refractivity contribution in [1.82, 2.24) is 0 Å². The molecule has 0 aromatic carbocycles. The van der Waals surface area contributed by atoms with Crippen molar-refractivity contribution in [3.05, 3.63) is 36.1 Å². The molecular formula is C23H40O2Y21-2.